The number of hydrogen-bond acceptors (Lipinski definition) is 6. The van der Waals surface area contributed by atoms with E-state index < -0.39 is 9.84 Å². The van der Waals surface area contributed by atoms with Crippen LogP contribution in [0.15, 0.2) is 47.5 Å². The third-order valence-electron chi connectivity index (χ3n) is 3.22. The molecule has 3 aromatic rings. The molecule has 0 fully saturated rings. The quantitative estimate of drug-likeness (QED) is 0.738. The normalized spacial score (nSPS) is 11.5. The summed E-state index contributed by atoms with van der Waals surface area (Å²) in [5, 5.41) is 4.17. The molecule has 2 heterocycles. The Kier molecular flexibility index (Phi) is 3.76. The lowest BCUT2D eigenvalue weighted by atomic mass is 10.1. The Labute approximate surface area is 132 Å². The minimum Gasteiger partial charge on any atom is -0.261 e. The molecule has 0 saturated heterocycles. The van der Waals surface area contributed by atoms with Crippen LogP contribution in [0.4, 0.5) is 0 Å². The van der Waals surface area contributed by atoms with Crippen molar-refractivity contribution in [3.63, 3.8) is 0 Å². The molecule has 0 bridgehead atoms. The first-order chi connectivity index (χ1) is 10.4. The Hall–Kier alpha value is -2.12. The van der Waals surface area contributed by atoms with E-state index in [1.165, 1.54) is 17.8 Å². The van der Waals surface area contributed by atoms with Crippen LogP contribution >= 0.6 is 11.5 Å². The number of nitrogens with zero attached hydrogens (tertiary/aromatic N) is 3. The minimum atomic E-state index is -3.19. The van der Waals surface area contributed by atoms with Gasteiger partial charge in [0.15, 0.2) is 9.84 Å². The second-order valence-electron chi connectivity index (χ2n) is 4.94. The van der Waals surface area contributed by atoms with E-state index in [1.54, 1.807) is 30.5 Å². The van der Waals surface area contributed by atoms with Gasteiger partial charge in [-0.05, 0) is 48.3 Å². The molecule has 112 valence electrons. The molecule has 2 aromatic heterocycles. The van der Waals surface area contributed by atoms with Crippen molar-refractivity contribution in [3.8, 4) is 21.7 Å². The van der Waals surface area contributed by atoms with Crippen LogP contribution in [0.25, 0.3) is 21.7 Å². The first-order valence-corrected chi connectivity index (χ1v) is 9.17. The maximum absolute atomic E-state index is 11.5. The molecule has 0 N–H and O–H groups in total. The molecule has 7 heteroatoms. The Bertz CT molecular complexity index is 899. The van der Waals surface area contributed by atoms with Crippen molar-refractivity contribution in [1.82, 2.24) is 14.6 Å². The summed E-state index contributed by atoms with van der Waals surface area (Å²) in [5.74, 6) is 0. The molecule has 0 saturated carbocycles. The molecule has 5 nitrogen and oxygen atoms in total. The largest absolute Gasteiger partial charge is 0.261 e. The molecule has 0 atom stereocenters. The Morgan fingerprint density at radius 1 is 1.00 bits per heavy atom. The Balaban J connectivity index is 2.03. The highest BCUT2D eigenvalue weighted by atomic mass is 32.2. The van der Waals surface area contributed by atoms with Gasteiger partial charge in [-0.2, -0.15) is 0 Å². The maximum atomic E-state index is 11.5. The molecule has 3 rings (SSSR count). The first kappa shape index (κ1) is 14.8. The molecule has 0 spiro atoms. The van der Waals surface area contributed by atoms with Gasteiger partial charge in [-0.15, -0.1) is 5.10 Å². The molecule has 0 unspecified atom stereocenters. The monoisotopic (exact) mass is 331 g/mol. The maximum Gasteiger partial charge on any atom is 0.175 e. The zero-order chi connectivity index (χ0) is 15.7. The van der Waals surface area contributed by atoms with Crippen LogP contribution in [0.5, 0.6) is 0 Å². The van der Waals surface area contributed by atoms with Gasteiger partial charge < -0.3 is 0 Å². The summed E-state index contributed by atoms with van der Waals surface area (Å²) in [6.45, 7) is 1.92. The predicted octanol–water partition coefficient (Wildman–Crippen LogP) is 2.98. The summed E-state index contributed by atoms with van der Waals surface area (Å²) in [5.41, 5.74) is 3.47. The van der Waals surface area contributed by atoms with Crippen molar-refractivity contribution < 1.29 is 8.42 Å². The van der Waals surface area contributed by atoms with Gasteiger partial charge >= 0.3 is 0 Å². The highest BCUT2D eigenvalue weighted by molar-refractivity contribution is 7.90. The number of benzene rings is 1. The highest BCUT2D eigenvalue weighted by Gasteiger charge is 2.14. The van der Waals surface area contributed by atoms with E-state index in [4.69, 9.17) is 0 Å². The summed E-state index contributed by atoms with van der Waals surface area (Å²) in [6.07, 6.45) is 2.96. The van der Waals surface area contributed by atoms with E-state index in [-0.39, 0.29) is 0 Å². The first-order valence-electron chi connectivity index (χ1n) is 6.51. The fourth-order valence-corrected chi connectivity index (χ4v) is 3.35. The third-order valence-corrected chi connectivity index (χ3v) is 5.12. The predicted molar refractivity (Wildman–Crippen MR) is 86.4 cm³/mol. The number of rotatable bonds is 3. The van der Waals surface area contributed by atoms with E-state index in [1.807, 2.05) is 19.1 Å². The van der Waals surface area contributed by atoms with Crippen LogP contribution in [0.1, 0.15) is 5.69 Å². The summed E-state index contributed by atoms with van der Waals surface area (Å²) in [4.78, 5) is 5.47. The van der Waals surface area contributed by atoms with Crippen molar-refractivity contribution >= 4 is 21.4 Å². The van der Waals surface area contributed by atoms with Gasteiger partial charge in [0.1, 0.15) is 5.69 Å². The molecule has 0 aliphatic rings. The van der Waals surface area contributed by atoms with Crippen LogP contribution < -0.4 is 0 Å². The standard InChI is InChI=1S/C15H13N3O2S2/c1-10-3-4-12(9-16-10)14-15(21-18-17-14)11-5-7-13(8-6-11)22(2,19)20/h3-9H,1-2H3. The summed E-state index contributed by atoms with van der Waals surface area (Å²) >= 11 is 1.28. The van der Waals surface area contributed by atoms with Gasteiger partial charge in [0.25, 0.3) is 0 Å². The van der Waals surface area contributed by atoms with Gasteiger partial charge in [-0.1, -0.05) is 16.6 Å². The number of sulfone groups is 1. The molecule has 1 aromatic carbocycles. The van der Waals surface area contributed by atoms with Crippen LogP contribution in [-0.2, 0) is 9.84 Å². The smallest absolute Gasteiger partial charge is 0.175 e. The fraction of sp³-hybridized carbons (Fsp3) is 0.133. The fourth-order valence-electron chi connectivity index (χ4n) is 2.03. The van der Waals surface area contributed by atoms with E-state index in [9.17, 15) is 8.42 Å². The summed E-state index contributed by atoms with van der Waals surface area (Å²) < 4.78 is 27.1. The zero-order valence-electron chi connectivity index (χ0n) is 12.0. The lowest BCUT2D eigenvalue weighted by Crippen LogP contribution is -1.96. The van der Waals surface area contributed by atoms with E-state index in [0.717, 1.165) is 27.4 Å². The summed E-state index contributed by atoms with van der Waals surface area (Å²) in [7, 11) is -3.19. The van der Waals surface area contributed by atoms with Crippen molar-refractivity contribution in [2.45, 2.75) is 11.8 Å². The second kappa shape index (κ2) is 5.58. The van der Waals surface area contributed by atoms with Crippen LogP contribution in [0, 0.1) is 6.92 Å². The van der Waals surface area contributed by atoms with Crippen LogP contribution in [-0.4, -0.2) is 29.2 Å². The topological polar surface area (TPSA) is 72.8 Å². The van der Waals surface area contributed by atoms with Gasteiger partial charge in [0.05, 0.1) is 9.77 Å². The van der Waals surface area contributed by atoms with Gasteiger partial charge in [0.2, 0.25) is 0 Å². The number of aryl methyl sites for hydroxylation is 1. The Morgan fingerprint density at radius 2 is 1.68 bits per heavy atom. The average molecular weight is 331 g/mol. The molecule has 0 amide bonds. The Morgan fingerprint density at radius 3 is 2.27 bits per heavy atom. The van der Waals surface area contributed by atoms with E-state index in [0.29, 0.717) is 4.90 Å². The lowest BCUT2D eigenvalue weighted by molar-refractivity contribution is 0.602. The van der Waals surface area contributed by atoms with Gasteiger partial charge in [-0.25, -0.2) is 8.42 Å². The number of hydrogen-bond donors (Lipinski definition) is 0. The number of pyridine rings is 1. The van der Waals surface area contributed by atoms with Crippen molar-refractivity contribution in [2.75, 3.05) is 6.26 Å². The molecule has 0 aliphatic carbocycles. The van der Waals surface area contributed by atoms with Gasteiger partial charge in [0, 0.05) is 23.7 Å². The zero-order valence-corrected chi connectivity index (χ0v) is 13.6. The van der Waals surface area contributed by atoms with Crippen molar-refractivity contribution in [3.05, 3.63) is 48.3 Å². The van der Waals surface area contributed by atoms with E-state index in [2.05, 4.69) is 14.6 Å². The highest BCUT2D eigenvalue weighted by Crippen LogP contribution is 2.33. The van der Waals surface area contributed by atoms with Crippen LogP contribution in [0.2, 0.25) is 0 Å². The molecule has 0 radical (unpaired) electrons. The van der Waals surface area contributed by atoms with Gasteiger partial charge in [-0.3, -0.25) is 4.98 Å². The SMILES string of the molecule is Cc1ccc(-c2nnsc2-c2ccc(S(C)(=O)=O)cc2)cn1. The third kappa shape index (κ3) is 2.90. The van der Waals surface area contributed by atoms with Crippen molar-refractivity contribution in [2.24, 2.45) is 0 Å². The van der Waals surface area contributed by atoms with Crippen LogP contribution in [0.3, 0.4) is 0 Å². The minimum absolute atomic E-state index is 0.298. The molecule has 0 aliphatic heterocycles. The molecule has 22 heavy (non-hydrogen) atoms. The average Bonchev–Trinajstić information content (AvgIpc) is 2.97. The molecular weight excluding hydrogens is 318 g/mol. The van der Waals surface area contributed by atoms with Crippen molar-refractivity contribution in [1.29, 1.82) is 0 Å². The summed E-state index contributed by atoms with van der Waals surface area (Å²) in [6, 6.07) is 10.6. The molecular formula is C15H13N3O2S2. The lowest BCUT2D eigenvalue weighted by Gasteiger charge is -2.03. The van der Waals surface area contributed by atoms with E-state index >= 15 is 0 Å². The number of aromatic nitrogens is 3. The second-order valence-corrected chi connectivity index (χ2v) is 7.71.